The molecule has 0 bridgehead atoms. The van der Waals surface area contributed by atoms with Crippen molar-refractivity contribution in [3.8, 4) is 5.75 Å². The van der Waals surface area contributed by atoms with E-state index in [9.17, 15) is 4.79 Å². The Morgan fingerprint density at radius 3 is 2.50 bits per heavy atom. The molecule has 0 aliphatic rings. The molecule has 0 aromatic heterocycles. The lowest BCUT2D eigenvalue weighted by Crippen LogP contribution is -2.35. The zero-order chi connectivity index (χ0) is 12.3. The Morgan fingerprint density at radius 2 is 1.94 bits per heavy atom. The molecule has 0 radical (unpaired) electrons. The highest BCUT2D eigenvalue weighted by Crippen LogP contribution is 2.20. The number of carbonyl (C=O) groups is 1. The first-order valence-electron chi connectivity index (χ1n) is 5.37. The second-order valence-electron chi connectivity index (χ2n) is 4.26. The summed E-state index contributed by atoms with van der Waals surface area (Å²) in [5, 5.41) is 0. The molecule has 1 aromatic carbocycles. The Balaban J connectivity index is 2.80. The van der Waals surface area contributed by atoms with E-state index in [2.05, 4.69) is 0 Å². The van der Waals surface area contributed by atoms with E-state index in [-0.39, 0.29) is 5.91 Å². The molecule has 0 aliphatic heterocycles. The van der Waals surface area contributed by atoms with Crippen molar-refractivity contribution in [2.24, 2.45) is 0 Å². The lowest BCUT2D eigenvalue weighted by Gasteiger charge is -2.19. The van der Waals surface area contributed by atoms with E-state index in [1.54, 1.807) is 21.0 Å². The third-order valence-electron chi connectivity index (χ3n) is 2.44. The van der Waals surface area contributed by atoms with Gasteiger partial charge in [0, 0.05) is 14.1 Å². The molecule has 1 atom stereocenters. The molecule has 1 aromatic rings. The van der Waals surface area contributed by atoms with Crippen molar-refractivity contribution < 1.29 is 9.53 Å². The van der Waals surface area contributed by atoms with Crippen LogP contribution in [0.4, 0.5) is 0 Å². The normalized spacial score (nSPS) is 12.1. The van der Waals surface area contributed by atoms with Crippen molar-refractivity contribution in [2.75, 3.05) is 14.1 Å². The van der Waals surface area contributed by atoms with E-state index in [1.165, 1.54) is 4.90 Å². The molecule has 0 saturated carbocycles. The van der Waals surface area contributed by atoms with E-state index in [1.807, 2.05) is 32.0 Å². The van der Waals surface area contributed by atoms with E-state index in [0.29, 0.717) is 0 Å². The SMILES string of the molecule is Cc1ccc(C)c(OC(C)C(=O)N(C)C)c1. The van der Waals surface area contributed by atoms with Crippen molar-refractivity contribution in [2.45, 2.75) is 26.9 Å². The minimum Gasteiger partial charge on any atom is -0.481 e. The maximum Gasteiger partial charge on any atom is 0.262 e. The minimum absolute atomic E-state index is 0.0269. The van der Waals surface area contributed by atoms with Gasteiger partial charge in [0.2, 0.25) is 0 Å². The predicted molar refractivity (Wildman–Crippen MR) is 64.7 cm³/mol. The van der Waals surface area contributed by atoms with Gasteiger partial charge in [-0.1, -0.05) is 12.1 Å². The van der Waals surface area contributed by atoms with Crippen LogP contribution >= 0.6 is 0 Å². The second-order valence-corrected chi connectivity index (χ2v) is 4.26. The van der Waals surface area contributed by atoms with Gasteiger partial charge >= 0.3 is 0 Å². The number of likely N-dealkylation sites (N-methyl/N-ethyl adjacent to an activating group) is 1. The first-order valence-corrected chi connectivity index (χ1v) is 5.37. The maximum absolute atomic E-state index is 11.6. The third kappa shape index (κ3) is 2.99. The van der Waals surface area contributed by atoms with Gasteiger partial charge in [-0.05, 0) is 38.0 Å². The van der Waals surface area contributed by atoms with Crippen LogP contribution in [-0.2, 0) is 4.79 Å². The second kappa shape index (κ2) is 5.01. The summed E-state index contributed by atoms with van der Waals surface area (Å²) < 4.78 is 5.66. The maximum atomic E-state index is 11.6. The van der Waals surface area contributed by atoms with Crippen LogP contribution in [0, 0.1) is 13.8 Å². The summed E-state index contributed by atoms with van der Waals surface area (Å²) >= 11 is 0. The largest absolute Gasteiger partial charge is 0.481 e. The van der Waals surface area contributed by atoms with E-state index in [0.717, 1.165) is 16.9 Å². The first kappa shape index (κ1) is 12.6. The molecule has 3 heteroatoms. The Kier molecular flexibility index (Phi) is 3.93. The number of hydrogen-bond acceptors (Lipinski definition) is 2. The summed E-state index contributed by atoms with van der Waals surface area (Å²) in [5.74, 6) is 0.753. The van der Waals surface area contributed by atoms with Gasteiger partial charge in [0.1, 0.15) is 5.75 Å². The number of ether oxygens (including phenoxy) is 1. The van der Waals surface area contributed by atoms with Gasteiger partial charge in [-0.3, -0.25) is 4.79 Å². The fraction of sp³-hybridized carbons (Fsp3) is 0.462. The Morgan fingerprint density at radius 1 is 1.31 bits per heavy atom. The minimum atomic E-state index is -0.449. The smallest absolute Gasteiger partial charge is 0.262 e. The molecule has 0 spiro atoms. The van der Waals surface area contributed by atoms with E-state index >= 15 is 0 Å². The molecule has 16 heavy (non-hydrogen) atoms. The van der Waals surface area contributed by atoms with Crippen molar-refractivity contribution in [1.29, 1.82) is 0 Å². The molecule has 3 nitrogen and oxygen atoms in total. The van der Waals surface area contributed by atoms with Crippen LogP contribution in [0.5, 0.6) is 5.75 Å². The molecule has 1 rings (SSSR count). The predicted octanol–water partition coefficient (Wildman–Crippen LogP) is 2.16. The van der Waals surface area contributed by atoms with Crippen LogP contribution in [0.3, 0.4) is 0 Å². The van der Waals surface area contributed by atoms with E-state index in [4.69, 9.17) is 4.74 Å². The Hall–Kier alpha value is -1.51. The van der Waals surface area contributed by atoms with Gasteiger partial charge in [-0.2, -0.15) is 0 Å². The topological polar surface area (TPSA) is 29.5 Å². The molecule has 0 aliphatic carbocycles. The summed E-state index contributed by atoms with van der Waals surface area (Å²) in [5.41, 5.74) is 2.18. The highest BCUT2D eigenvalue weighted by atomic mass is 16.5. The zero-order valence-electron chi connectivity index (χ0n) is 10.6. The number of aryl methyl sites for hydroxylation is 2. The molecule has 0 heterocycles. The van der Waals surface area contributed by atoms with Crippen molar-refractivity contribution in [1.82, 2.24) is 4.90 Å². The quantitative estimate of drug-likeness (QED) is 0.782. The van der Waals surface area contributed by atoms with Crippen LogP contribution in [0.1, 0.15) is 18.1 Å². The number of amides is 1. The summed E-state index contributed by atoms with van der Waals surface area (Å²) in [6, 6.07) is 5.98. The van der Waals surface area contributed by atoms with Gasteiger partial charge in [-0.25, -0.2) is 0 Å². The number of carbonyl (C=O) groups excluding carboxylic acids is 1. The summed E-state index contributed by atoms with van der Waals surface area (Å²) in [4.78, 5) is 13.2. The Bertz CT molecular complexity index is 386. The van der Waals surface area contributed by atoms with Gasteiger partial charge < -0.3 is 9.64 Å². The fourth-order valence-corrected chi connectivity index (χ4v) is 1.44. The average Bonchev–Trinajstić information content (AvgIpc) is 2.22. The molecular formula is C13H19NO2. The summed E-state index contributed by atoms with van der Waals surface area (Å²) in [6.45, 7) is 5.75. The number of nitrogens with zero attached hydrogens (tertiary/aromatic N) is 1. The molecule has 1 amide bonds. The van der Waals surface area contributed by atoms with Crippen LogP contribution in [0.25, 0.3) is 0 Å². The molecule has 0 fully saturated rings. The van der Waals surface area contributed by atoms with Crippen LogP contribution in [0.2, 0.25) is 0 Å². The van der Waals surface area contributed by atoms with Crippen LogP contribution in [-0.4, -0.2) is 31.0 Å². The van der Waals surface area contributed by atoms with Gasteiger partial charge in [-0.15, -0.1) is 0 Å². The Labute approximate surface area is 97.0 Å². The first-order chi connectivity index (χ1) is 7.41. The van der Waals surface area contributed by atoms with Crippen molar-refractivity contribution in [3.05, 3.63) is 29.3 Å². The van der Waals surface area contributed by atoms with Crippen molar-refractivity contribution >= 4 is 5.91 Å². The van der Waals surface area contributed by atoms with Crippen molar-refractivity contribution in [3.63, 3.8) is 0 Å². The third-order valence-corrected chi connectivity index (χ3v) is 2.44. The lowest BCUT2D eigenvalue weighted by molar-refractivity contribution is -0.135. The van der Waals surface area contributed by atoms with Crippen LogP contribution < -0.4 is 4.74 Å². The molecule has 0 saturated heterocycles. The monoisotopic (exact) mass is 221 g/mol. The lowest BCUT2D eigenvalue weighted by atomic mass is 10.1. The van der Waals surface area contributed by atoms with Gasteiger partial charge in [0.25, 0.3) is 5.91 Å². The number of benzene rings is 1. The summed E-state index contributed by atoms with van der Waals surface area (Å²) in [7, 11) is 3.45. The standard InChI is InChI=1S/C13H19NO2/c1-9-6-7-10(2)12(8-9)16-11(3)13(15)14(4)5/h6-8,11H,1-5H3. The molecule has 88 valence electrons. The molecule has 0 N–H and O–H groups in total. The molecule has 1 unspecified atom stereocenters. The highest BCUT2D eigenvalue weighted by molar-refractivity contribution is 5.80. The van der Waals surface area contributed by atoms with Crippen LogP contribution in [0.15, 0.2) is 18.2 Å². The van der Waals surface area contributed by atoms with Gasteiger partial charge in [0.15, 0.2) is 6.10 Å². The number of rotatable bonds is 3. The molecular weight excluding hydrogens is 202 g/mol. The number of hydrogen-bond donors (Lipinski definition) is 0. The average molecular weight is 221 g/mol. The fourth-order valence-electron chi connectivity index (χ4n) is 1.44. The van der Waals surface area contributed by atoms with Gasteiger partial charge in [0.05, 0.1) is 0 Å². The zero-order valence-corrected chi connectivity index (χ0v) is 10.6. The highest BCUT2D eigenvalue weighted by Gasteiger charge is 2.17. The van der Waals surface area contributed by atoms with E-state index < -0.39 is 6.10 Å². The summed E-state index contributed by atoms with van der Waals surface area (Å²) in [6.07, 6.45) is -0.449.